The Kier molecular flexibility index (Phi) is 4.27. The van der Waals surface area contributed by atoms with Crippen molar-refractivity contribution in [1.29, 1.82) is 5.26 Å². The second-order valence-electron chi connectivity index (χ2n) is 4.07. The highest BCUT2D eigenvalue weighted by Crippen LogP contribution is 2.17. The lowest BCUT2D eigenvalue weighted by atomic mass is 10.1. The number of ketones is 1. The van der Waals surface area contributed by atoms with Crippen LogP contribution >= 0.6 is 11.3 Å². The number of thiophene rings is 1. The molecule has 0 aliphatic heterocycles. The van der Waals surface area contributed by atoms with Crippen molar-refractivity contribution in [2.24, 2.45) is 0 Å². The molecule has 2 nitrogen and oxygen atoms in total. The highest BCUT2D eigenvalue weighted by atomic mass is 32.1. The van der Waals surface area contributed by atoms with Crippen LogP contribution in [-0.2, 0) is 6.42 Å². The molecule has 19 heavy (non-hydrogen) atoms. The van der Waals surface area contributed by atoms with E-state index in [-0.39, 0.29) is 11.4 Å². The molecule has 94 valence electrons. The van der Waals surface area contributed by atoms with Crippen LogP contribution in [0.15, 0.2) is 47.4 Å². The van der Waals surface area contributed by atoms with Crippen LogP contribution in [0.5, 0.6) is 0 Å². The topological polar surface area (TPSA) is 40.9 Å². The molecule has 3 heteroatoms. The van der Waals surface area contributed by atoms with Gasteiger partial charge < -0.3 is 0 Å². The summed E-state index contributed by atoms with van der Waals surface area (Å²) in [6.07, 6.45) is 2.62. The van der Waals surface area contributed by atoms with Crippen LogP contribution in [0.3, 0.4) is 0 Å². The summed E-state index contributed by atoms with van der Waals surface area (Å²) in [5.74, 6) is -0.211. The summed E-state index contributed by atoms with van der Waals surface area (Å²) in [5.41, 5.74) is 2.28. The molecule has 0 amide bonds. The minimum absolute atomic E-state index is 0.173. The Morgan fingerprint density at radius 1 is 1.32 bits per heavy atom. The third-order valence-electron chi connectivity index (χ3n) is 2.81. The quantitative estimate of drug-likeness (QED) is 0.475. The smallest absolute Gasteiger partial charge is 0.213 e. The minimum atomic E-state index is -0.211. The van der Waals surface area contributed by atoms with Crippen molar-refractivity contribution in [2.45, 2.75) is 13.3 Å². The fourth-order valence-electron chi connectivity index (χ4n) is 1.71. The van der Waals surface area contributed by atoms with E-state index in [2.05, 4.69) is 6.92 Å². The Morgan fingerprint density at radius 2 is 2.05 bits per heavy atom. The van der Waals surface area contributed by atoms with Gasteiger partial charge in [-0.15, -0.1) is 11.3 Å². The normalized spacial score (nSPS) is 11.1. The highest BCUT2D eigenvalue weighted by molar-refractivity contribution is 7.12. The van der Waals surface area contributed by atoms with Crippen LogP contribution in [-0.4, -0.2) is 5.78 Å². The third kappa shape index (κ3) is 3.18. The van der Waals surface area contributed by atoms with Gasteiger partial charge in [-0.25, -0.2) is 0 Å². The number of rotatable bonds is 4. The van der Waals surface area contributed by atoms with E-state index in [1.165, 1.54) is 16.9 Å². The lowest BCUT2D eigenvalue weighted by Gasteiger charge is -1.99. The van der Waals surface area contributed by atoms with Gasteiger partial charge in [-0.3, -0.25) is 4.79 Å². The first-order valence-electron chi connectivity index (χ1n) is 6.03. The molecule has 0 saturated carbocycles. The molecule has 0 unspecified atom stereocenters. The van der Waals surface area contributed by atoms with Gasteiger partial charge in [-0.05, 0) is 35.1 Å². The van der Waals surface area contributed by atoms with Gasteiger partial charge in [0.05, 0.1) is 4.88 Å². The summed E-state index contributed by atoms with van der Waals surface area (Å²) in [6.45, 7) is 2.09. The maximum Gasteiger partial charge on any atom is 0.213 e. The first kappa shape index (κ1) is 13.3. The van der Waals surface area contributed by atoms with E-state index in [9.17, 15) is 4.79 Å². The lowest BCUT2D eigenvalue weighted by molar-refractivity contribution is 0.104. The number of hydrogen-bond acceptors (Lipinski definition) is 3. The lowest BCUT2D eigenvalue weighted by Crippen LogP contribution is -1.98. The van der Waals surface area contributed by atoms with E-state index < -0.39 is 0 Å². The molecule has 1 heterocycles. The van der Waals surface area contributed by atoms with Crippen molar-refractivity contribution >= 4 is 23.2 Å². The largest absolute Gasteiger partial charge is 0.287 e. The average molecular weight is 267 g/mol. The minimum Gasteiger partial charge on any atom is -0.287 e. The van der Waals surface area contributed by atoms with Crippen molar-refractivity contribution in [2.75, 3.05) is 0 Å². The maximum absolute atomic E-state index is 12.1. The Hall–Kier alpha value is -2.18. The fraction of sp³-hybridized carbons (Fsp3) is 0.125. The Balaban J connectivity index is 2.28. The van der Waals surface area contributed by atoms with E-state index >= 15 is 0 Å². The van der Waals surface area contributed by atoms with Crippen LogP contribution in [0.4, 0.5) is 0 Å². The number of nitrogens with zero attached hydrogens (tertiary/aromatic N) is 1. The molecule has 0 aliphatic carbocycles. The van der Waals surface area contributed by atoms with E-state index in [0.717, 1.165) is 12.0 Å². The van der Waals surface area contributed by atoms with Gasteiger partial charge in [0.25, 0.3) is 0 Å². The number of Topliss-reactive ketones (excluding diaryl/α,β-unsaturated/α-hetero) is 1. The van der Waals surface area contributed by atoms with Gasteiger partial charge in [0, 0.05) is 0 Å². The molecule has 1 aromatic heterocycles. The molecule has 2 aromatic rings. The molecular weight excluding hydrogens is 254 g/mol. The summed E-state index contributed by atoms with van der Waals surface area (Å²) < 4.78 is 0. The number of nitriles is 1. The first-order chi connectivity index (χ1) is 9.24. The zero-order chi connectivity index (χ0) is 13.7. The van der Waals surface area contributed by atoms with Gasteiger partial charge in [0.2, 0.25) is 5.78 Å². The number of carbonyl (C=O) groups excluding carboxylic acids is 1. The molecule has 0 radical (unpaired) electrons. The van der Waals surface area contributed by atoms with E-state index in [1.54, 1.807) is 12.1 Å². The molecule has 0 saturated heterocycles. The highest BCUT2D eigenvalue weighted by Gasteiger charge is 2.12. The predicted octanol–water partition coefficient (Wildman–Crippen LogP) is 4.10. The monoisotopic (exact) mass is 267 g/mol. The van der Waals surface area contributed by atoms with Gasteiger partial charge in [-0.1, -0.05) is 37.3 Å². The van der Waals surface area contributed by atoms with Crippen LogP contribution in [0.1, 0.15) is 27.7 Å². The molecule has 0 aliphatic rings. The van der Waals surface area contributed by atoms with Crippen molar-refractivity contribution in [3.63, 3.8) is 0 Å². The van der Waals surface area contributed by atoms with Gasteiger partial charge in [-0.2, -0.15) is 5.26 Å². The second kappa shape index (κ2) is 6.12. The van der Waals surface area contributed by atoms with Gasteiger partial charge in [0.1, 0.15) is 11.6 Å². The standard InChI is InChI=1S/C16H13NOS/c1-2-12-5-7-13(8-6-12)10-14(11-17)16(18)15-4-3-9-19-15/h3-10H,2H2,1H3/b14-10+. The molecule has 0 bridgehead atoms. The molecule has 0 atom stereocenters. The Labute approximate surface area is 116 Å². The molecule has 0 spiro atoms. The molecular formula is C16H13NOS. The summed E-state index contributed by atoms with van der Waals surface area (Å²) in [4.78, 5) is 12.7. The van der Waals surface area contributed by atoms with E-state index in [0.29, 0.717) is 4.88 Å². The van der Waals surface area contributed by atoms with Crippen molar-refractivity contribution in [1.82, 2.24) is 0 Å². The SMILES string of the molecule is CCc1ccc(/C=C(\C#N)C(=O)c2cccs2)cc1. The summed E-state index contributed by atoms with van der Waals surface area (Å²) in [6, 6.07) is 13.4. The third-order valence-corrected chi connectivity index (χ3v) is 3.68. The summed E-state index contributed by atoms with van der Waals surface area (Å²) in [5, 5.41) is 11.0. The molecule has 0 N–H and O–H groups in total. The first-order valence-corrected chi connectivity index (χ1v) is 6.91. The van der Waals surface area contributed by atoms with Gasteiger partial charge >= 0.3 is 0 Å². The van der Waals surface area contributed by atoms with Crippen LogP contribution < -0.4 is 0 Å². The van der Waals surface area contributed by atoms with Gasteiger partial charge in [0.15, 0.2) is 0 Å². The summed E-state index contributed by atoms with van der Waals surface area (Å²) in [7, 11) is 0. The molecule has 0 fully saturated rings. The van der Waals surface area contributed by atoms with Crippen LogP contribution in [0.25, 0.3) is 6.08 Å². The van der Waals surface area contributed by atoms with Crippen molar-refractivity contribution in [3.05, 3.63) is 63.4 Å². The Bertz CT molecular complexity index is 630. The van der Waals surface area contributed by atoms with Crippen molar-refractivity contribution in [3.8, 4) is 6.07 Å². The number of aryl methyl sites for hydroxylation is 1. The average Bonchev–Trinajstić information content (AvgIpc) is 2.99. The maximum atomic E-state index is 12.1. The number of benzene rings is 1. The molecule has 2 rings (SSSR count). The fourth-order valence-corrected chi connectivity index (χ4v) is 2.38. The predicted molar refractivity (Wildman–Crippen MR) is 78.1 cm³/mol. The van der Waals surface area contributed by atoms with Crippen LogP contribution in [0.2, 0.25) is 0 Å². The summed E-state index contributed by atoms with van der Waals surface area (Å²) >= 11 is 1.35. The van der Waals surface area contributed by atoms with E-state index in [1.807, 2.05) is 41.8 Å². The zero-order valence-electron chi connectivity index (χ0n) is 10.6. The second-order valence-corrected chi connectivity index (χ2v) is 5.02. The molecule has 1 aromatic carbocycles. The van der Waals surface area contributed by atoms with Crippen LogP contribution in [0, 0.1) is 11.3 Å². The zero-order valence-corrected chi connectivity index (χ0v) is 11.4. The Morgan fingerprint density at radius 3 is 2.58 bits per heavy atom. The number of carbonyl (C=O) groups is 1. The van der Waals surface area contributed by atoms with E-state index in [4.69, 9.17) is 5.26 Å². The van der Waals surface area contributed by atoms with Crippen molar-refractivity contribution < 1.29 is 4.79 Å². The number of hydrogen-bond donors (Lipinski definition) is 0. The number of allylic oxidation sites excluding steroid dienone is 1.